The van der Waals surface area contributed by atoms with E-state index in [-0.39, 0.29) is 11.7 Å². The Kier molecular flexibility index (Phi) is 5.68. The van der Waals surface area contributed by atoms with Crippen LogP contribution in [-0.4, -0.2) is 32.7 Å². The van der Waals surface area contributed by atoms with Crippen molar-refractivity contribution in [3.63, 3.8) is 0 Å². The first-order valence-corrected chi connectivity index (χ1v) is 9.51. The number of nitrogens with one attached hydrogen (secondary N) is 2. The van der Waals surface area contributed by atoms with Crippen LogP contribution in [-0.2, 0) is 4.79 Å². The van der Waals surface area contributed by atoms with Crippen molar-refractivity contribution in [2.75, 3.05) is 16.4 Å². The number of hydrogen-bond acceptors (Lipinski definition) is 8. The van der Waals surface area contributed by atoms with Crippen LogP contribution in [0.1, 0.15) is 10.4 Å². The van der Waals surface area contributed by atoms with Crippen LogP contribution in [0.3, 0.4) is 0 Å². The summed E-state index contributed by atoms with van der Waals surface area (Å²) >= 11 is 3.69. The Balaban J connectivity index is 1.51. The summed E-state index contributed by atoms with van der Waals surface area (Å²) in [6, 6.07) is 5.17. The van der Waals surface area contributed by atoms with Gasteiger partial charge in [-0.1, -0.05) is 23.1 Å². The summed E-state index contributed by atoms with van der Waals surface area (Å²) in [5.41, 5.74) is 0.314. The zero-order chi connectivity index (χ0) is 17.6. The average molecular weight is 395 g/mol. The van der Waals surface area contributed by atoms with Crippen molar-refractivity contribution >= 4 is 56.5 Å². The van der Waals surface area contributed by atoms with Crippen molar-refractivity contribution in [1.82, 2.24) is 15.2 Å². The van der Waals surface area contributed by atoms with E-state index in [1.54, 1.807) is 11.6 Å². The first-order chi connectivity index (χ1) is 12.1. The number of thiazole rings is 1. The molecule has 7 nitrogen and oxygen atoms in total. The van der Waals surface area contributed by atoms with Crippen LogP contribution in [0.5, 0.6) is 0 Å². The molecular formula is C14H10FN5O2S3. The highest BCUT2D eigenvalue weighted by Crippen LogP contribution is 2.26. The maximum absolute atomic E-state index is 12.9. The number of carbonyl (C=O) groups is 2. The third-order valence-electron chi connectivity index (χ3n) is 2.74. The van der Waals surface area contributed by atoms with Crippen LogP contribution in [0.4, 0.5) is 14.7 Å². The summed E-state index contributed by atoms with van der Waals surface area (Å²) in [6.45, 7) is 0. The molecule has 11 heteroatoms. The van der Waals surface area contributed by atoms with Crippen LogP contribution in [0.25, 0.3) is 0 Å². The van der Waals surface area contributed by atoms with Gasteiger partial charge in [0, 0.05) is 17.1 Å². The highest BCUT2D eigenvalue weighted by Gasteiger charge is 2.12. The molecule has 0 aliphatic heterocycles. The molecule has 2 N–H and O–H groups in total. The average Bonchev–Trinajstić information content (AvgIpc) is 3.25. The van der Waals surface area contributed by atoms with Crippen LogP contribution in [0.2, 0.25) is 0 Å². The molecule has 128 valence electrons. The van der Waals surface area contributed by atoms with E-state index < -0.39 is 11.7 Å². The second-order valence-electron chi connectivity index (χ2n) is 4.51. The molecule has 0 fully saturated rings. The third kappa shape index (κ3) is 5.05. The molecule has 0 aliphatic carbocycles. The van der Waals surface area contributed by atoms with Crippen LogP contribution in [0.15, 0.2) is 40.2 Å². The summed E-state index contributed by atoms with van der Waals surface area (Å²) in [4.78, 5) is 27.7. The van der Waals surface area contributed by atoms with Crippen molar-refractivity contribution in [2.24, 2.45) is 0 Å². The Bertz CT molecular complexity index is 867. The van der Waals surface area contributed by atoms with Crippen molar-refractivity contribution in [1.29, 1.82) is 0 Å². The van der Waals surface area contributed by atoms with Gasteiger partial charge in [-0.15, -0.1) is 21.5 Å². The minimum atomic E-state index is -0.415. The van der Waals surface area contributed by atoms with Gasteiger partial charge >= 0.3 is 0 Å². The molecule has 0 spiro atoms. The highest BCUT2D eigenvalue weighted by molar-refractivity contribution is 8.01. The molecule has 0 bridgehead atoms. The Morgan fingerprint density at radius 2 is 1.92 bits per heavy atom. The zero-order valence-corrected chi connectivity index (χ0v) is 14.9. The van der Waals surface area contributed by atoms with Gasteiger partial charge in [-0.05, 0) is 24.3 Å². The standard InChI is InChI=1S/C14H10FN5O2S3/c15-9-3-1-8(2-4-9)11(22)18-13-19-20-14(25-13)24-7-10(21)17-12-16-5-6-23-12/h1-6H,7H2,(H,16,17,21)(H,18,19,22). The molecule has 3 rings (SSSR count). The number of nitrogens with zero attached hydrogens (tertiary/aromatic N) is 3. The van der Waals surface area contributed by atoms with Crippen molar-refractivity contribution in [2.45, 2.75) is 4.34 Å². The number of hydrogen-bond donors (Lipinski definition) is 2. The number of rotatable bonds is 6. The lowest BCUT2D eigenvalue weighted by Crippen LogP contribution is -2.13. The van der Waals surface area contributed by atoms with Crippen molar-refractivity contribution in [3.05, 3.63) is 47.2 Å². The Labute approximate surface area is 153 Å². The van der Waals surface area contributed by atoms with E-state index >= 15 is 0 Å². The number of thioether (sulfide) groups is 1. The van der Waals surface area contributed by atoms with E-state index in [9.17, 15) is 14.0 Å². The fraction of sp³-hybridized carbons (Fsp3) is 0.0714. The number of benzene rings is 1. The lowest BCUT2D eigenvalue weighted by atomic mass is 10.2. The van der Waals surface area contributed by atoms with Gasteiger partial charge in [-0.2, -0.15) is 0 Å². The first kappa shape index (κ1) is 17.5. The molecule has 0 atom stereocenters. The summed E-state index contributed by atoms with van der Waals surface area (Å²) in [5.74, 6) is -0.872. The van der Waals surface area contributed by atoms with E-state index in [4.69, 9.17) is 0 Å². The largest absolute Gasteiger partial charge is 0.301 e. The quantitative estimate of drug-likeness (QED) is 0.492. The van der Waals surface area contributed by atoms with Gasteiger partial charge < -0.3 is 5.32 Å². The first-order valence-electron chi connectivity index (χ1n) is 6.83. The monoisotopic (exact) mass is 395 g/mol. The maximum Gasteiger partial charge on any atom is 0.257 e. The zero-order valence-electron chi connectivity index (χ0n) is 12.4. The van der Waals surface area contributed by atoms with Crippen LogP contribution >= 0.6 is 34.4 Å². The number of anilines is 2. The molecule has 2 aromatic heterocycles. The minimum Gasteiger partial charge on any atom is -0.301 e. The van der Waals surface area contributed by atoms with Gasteiger partial charge in [0.15, 0.2) is 9.47 Å². The molecule has 25 heavy (non-hydrogen) atoms. The SMILES string of the molecule is O=C(CSc1nnc(NC(=O)c2ccc(F)cc2)s1)Nc1nccs1. The molecule has 0 saturated heterocycles. The van der Waals surface area contributed by atoms with Gasteiger partial charge in [-0.25, -0.2) is 9.37 Å². The molecule has 2 amide bonds. The molecule has 0 saturated carbocycles. The predicted molar refractivity (Wildman–Crippen MR) is 95.7 cm³/mol. The maximum atomic E-state index is 12.9. The summed E-state index contributed by atoms with van der Waals surface area (Å²) in [5, 5.41) is 15.6. The third-order valence-corrected chi connectivity index (χ3v) is 5.40. The second kappa shape index (κ2) is 8.14. The Morgan fingerprint density at radius 1 is 1.12 bits per heavy atom. The topological polar surface area (TPSA) is 96.9 Å². The smallest absolute Gasteiger partial charge is 0.257 e. The lowest BCUT2D eigenvalue weighted by Gasteiger charge is -2.00. The molecule has 3 aromatic rings. The van der Waals surface area contributed by atoms with Gasteiger partial charge in [0.2, 0.25) is 11.0 Å². The molecule has 2 heterocycles. The van der Waals surface area contributed by atoms with E-state index in [0.717, 1.165) is 11.3 Å². The lowest BCUT2D eigenvalue weighted by molar-refractivity contribution is -0.113. The van der Waals surface area contributed by atoms with Crippen LogP contribution in [0, 0.1) is 5.82 Å². The summed E-state index contributed by atoms with van der Waals surface area (Å²) in [7, 11) is 0. The molecule has 1 aromatic carbocycles. The highest BCUT2D eigenvalue weighted by atomic mass is 32.2. The second-order valence-corrected chi connectivity index (χ2v) is 7.60. The number of halogens is 1. The van der Waals surface area contributed by atoms with Gasteiger partial charge in [0.25, 0.3) is 5.91 Å². The van der Waals surface area contributed by atoms with Gasteiger partial charge in [0.1, 0.15) is 5.82 Å². The van der Waals surface area contributed by atoms with E-state index in [2.05, 4.69) is 25.8 Å². The summed E-state index contributed by atoms with van der Waals surface area (Å²) in [6.07, 6.45) is 1.61. The minimum absolute atomic E-state index is 0.153. The Hall–Kier alpha value is -2.37. The summed E-state index contributed by atoms with van der Waals surface area (Å²) < 4.78 is 13.4. The van der Waals surface area contributed by atoms with Gasteiger partial charge in [-0.3, -0.25) is 14.9 Å². The van der Waals surface area contributed by atoms with E-state index in [0.29, 0.717) is 20.2 Å². The van der Waals surface area contributed by atoms with Crippen LogP contribution < -0.4 is 10.6 Å². The Morgan fingerprint density at radius 3 is 2.64 bits per heavy atom. The predicted octanol–water partition coefficient (Wildman–Crippen LogP) is 3.12. The number of carbonyl (C=O) groups excluding carboxylic acids is 2. The molecular weight excluding hydrogens is 385 g/mol. The molecule has 0 radical (unpaired) electrons. The van der Waals surface area contributed by atoms with Crippen molar-refractivity contribution < 1.29 is 14.0 Å². The number of amides is 2. The number of aromatic nitrogens is 3. The normalized spacial score (nSPS) is 10.4. The van der Waals surface area contributed by atoms with Crippen molar-refractivity contribution in [3.8, 4) is 0 Å². The molecule has 0 unspecified atom stereocenters. The molecule has 0 aliphatic rings. The fourth-order valence-electron chi connectivity index (χ4n) is 1.66. The van der Waals surface area contributed by atoms with Gasteiger partial charge in [0.05, 0.1) is 5.75 Å². The fourth-order valence-corrected chi connectivity index (χ4v) is 3.75. The van der Waals surface area contributed by atoms with E-state index in [1.807, 2.05) is 0 Å². The van der Waals surface area contributed by atoms with E-state index in [1.165, 1.54) is 47.4 Å².